The molecule has 2 unspecified atom stereocenters. The standard InChI is InChI=1S/C12H24N2O2S/c1-10(9-13-12-3-4-12)11(2)14-5-7-17(15,16)8-6-14/h10-13H,3-9H2,1-2H3. The van der Waals surface area contributed by atoms with Gasteiger partial charge in [0.05, 0.1) is 11.5 Å². The van der Waals surface area contributed by atoms with Gasteiger partial charge in [0.25, 0.3) is 0 Å². The minimum atomic E-state index is -2.75. The van der Waals surface area contributed by atoms with Gasteiger partial charge in [-0.05, 0) is 32.2 Å². The van der Waals surface area contributed by atoms with Gasteiger partial charge in [-0.3, -0.25) is 4.90 Å². The van der Waals surface area contributed by atoms with Crippen LogP contribution in [-0.4, -0.2) is 56.5 Å². The zero-order valence-corrected chi connectivity index (χ0v) is 11.7. The Kier molecular flexibility index (Phi) is 4.10. The van der Waals surface area contributed by atoms with E-state index in [1.807, 2.05) is 0 Å². The van der Waals surface area contributed by atoms with Crippen molar-refractivity contribution in [2.45, 2.75) is 38.8 Å². The summed E-state index contributed by atoms with van der Waals surface area (Å²) in [6.07, 6.45) is 2.64. The van der Waals surface area contributed by atoms with E-state index >= 15 is 0 Å². The van der Waals surface area contributed by atoms with Gasteiger partial charge in [-0.15, -0.1) is 0 Å². The van der Waals surface area contributed by atoms with Crippen molar-refractivity contribution in [2.75, 3.05) is 31.1 Å². The molecule has 2 atom stereocenters. The Balaban J connectivity index is 1.76. The minimum absolute atomic E-state index is 0.333. The summed E-state index contributed by atoms with van der Waals surface area (Å²) in [4.78, 5) is 2.32. The molecule has 1 aliphatic heterocycles. The largest absolute Gasteiger partial charge is 0.314 e. The van der Waals surface area contributed by atoms with Crippen molar-refractivity contribution < 1.29 is 8.42 Å². The predicted molar refractivity (Wildman–Crippen MR) is 69.9 cm³/mol. The Hall–Kier alpha value is -0.130. The first-order valence-corrected chi connectivity index (χ1v) is 8.48. The fourth-order valence-electron chi connectivity index (χ4n) is 2.30. The second-order valence-corrected chi connectivity index (χ2v) is 7.89. The Labute approximate surface area is 105 Å². The van der Waals surface area contributed by atoms with E-state index in [0.717, 1.165) is 12.6 Å². The molecule has 4 nitrogen and oxygen atoms in total. The molecular weight excluding hydrogens is 236 g/mol. The van der Waals surface area contributed by atoms with Crippen molar-refractivity contribution in [2.24, 2.45) is 5.92 Å². The Bertz CT molecular complexity index is 338. The van der Waals surface area contributed by atoms with Crippen LogP contribution < -0.4 is 5.32 Å². The zero-order chi connectivity index (χ0) is 12.5. The first-order valence-electron chi connectivity index (χ1n) is 6.66. The van der Waals surface area contributed by atoms with Crippen LogP contribution in [0.1, 0.15) is 26.7 Å². The van der Waals surface area contributed by atoms with Gasteiger partial charge in [-0.25, -0.2) is 8.42 Å². The van der Waals surface area contributed by atoms with Crippen LogP contribution in [0.4, 0.5) is 0 Å². The third kappa shape index (κ3) is 3.93. The van der Waals surface area contributed by atoms with Crippen LogP contribution in [0.5, 0.6) is 0 Å². The maximum absolute atomic E-state index is 11.4. The van der Waals surface area contributed by atoms with Crippen LogP contribution in [0, 0.1) is 5.92 Å². The van der Waals surface area contributed by atoms with Crippen molar-refractivity contribution in [1.29, 1.82) is 0 Å². The average molecular weight is 260 g/mol. The molecule has 0 aromatic heterocycles. The molecule has 2 fully saturated rings. The summed E-state index contributed by atoms with van der Waals surface area (Å²) in [7, 11) is -2.75. The lowest BCUT2D eigenvalue weighted by Crippen LogP contribution is -2.48. The predicted octanol–water partition coefficient (Wildman–Crippen LogP) is 0.493. The fourth-order valence-corrected chi connectivity index (χ4v) is 3.53. The molecular formula is C12H24N2O2S. The van der Waals surface area contributed by atoms with Crippen LogP contribution in [0.15, 0.2) is 0 Å². The molecule has 0 aromatic rings. The van der Waals surface area contributed by atoms with Gasteiger partial charge in [0.2, 0.25) is 0 Å². The third-order valence-electron chi connectivity index (χ3n) is 4.08. The molecule has 1 aliphatic carbocycles. The SMILES string of the molecule is CC(CNC1CC1)C(C)N1CCS(=O)(=O)CC1. The molecule has 0 radical (unpaired) electrons. The van der Waals surface area contributed by atoms with E-state index in [0.29, 0.717) is 36.6 Å². The highest BCUT2D eigenvalue weighted by atomic mass is 32.2. The molecule has 2 aliphatic rings. The number of rotatable bonds is 5. The number of hydrogen-bond donors (Lipinski definition) is 1. The molecule has 5 heteroatoms. The first-order chi connectivity index (χ1) is 7.98. The summed E-state index contributed by atoms with van der Waals surface area (Å²) in [6.45, 7) is 6.93. The normalized spacial score (nSPS) is 28.8. The highest BCUT2D eigenvalue weighted by molar-refractivity contribution is 7.91. The van der Waals surface area contributed by atoms with Gasteiger partial charge in [0.15, 0.2) is 9.84 Å². The fraction of sp³-hybridized carbons (Fsp3) is 1.00. The summed E-state index contributed by atoms with van der Waals surface area (Å²) in [5.74, 6) is 1.25. The second-order valence-electron chi connectivity index (χ2n) is 5.59. The molecule has 1 saturated carbocycles. The van der Waals surface area contributed by atoms with Gasteiger partial charge < -0.3 is 5.32 Å². The number of nitrogens with one attached hydrogen (secondary N) is 1. The molecule has 17 heavy (non-hydrogen) atoms. The molecule has 1 saturated heterocycles. The molecule has 1 heterocycles. The van der Waals surface area contributed by atoms with E-state index in [-0.39, 0.29) is 0 Å². The number of sulfone groups is 1. The van der Waals surface area contributed by atoms with Crippen molar-refractivity contribution in [3.63, 3.8) is 0 Å². The van der Waals surface area contributed by atoms with E-state index in [1.54, 1.807) is 0 Å². The van der Waals surface area contributed by atoms with Gasteiger partial charge >= 0.3 is 0 Å². The highest BCUT2D eigenvalue weighted by Crippen LogP contribution is 2.20. The molecule has 100 valence electrons. The zero-order valence-electron chi connectivity index (χ0n) is 10.9. The van der Waals surface area contributed by atoms with Crippen molar-refractivity contribution >= 4 is 9.84 Å². The molecule has 1 N–H and O–H groups in total. The lowest BCUT2D eigenvalue weighted by atomic mass is 10.0. The molecule has 2 rings (SSSR count). The smallest absolute Gasteiger partial charge is 0.152 e. The van der Waals surface area contributed by atoms with Gasteiger partial charge in [-0.2, -0.15) is 0 Å². The number of hydrogen-bond acceptors (Lipinski definition) is 4. The summed E-state index contributed by atoms with van der Waals surface area (Å²) in [5.41, 5.74) is 0. The molecule has 0 aromatic carbocycles. The average Bonchev–Trinajstić information content (AvgIpc) is 3.09. The van der Waals surface area contributed by atoms with E-state index in [4.69, 9.17) is 0 Å². The monoisotopic (exact) mass is 260 g/mol. The van der Waals surface area contributed by atoms with Crippen molar-refractivity contribution in [3.8, 4) is 0 Å². The minimum Gasteiger partial charge on any atom is -0.314 e. The third-order valence-corrected chi connectivity index (χ3v) is 5.69. The van der Waals surface area contributed by atoms with Gasteiger partial charge in [0, 0.05) is 25.2 Å². The molecule has 0 amide bonds. The summed E-state index contributed by atoms with van der Waals surface area (Å²) < 4.78 is 22.7. The summed E-state index contributed by atoms with van der Waals surface area (Å²) >= 11 is 0. The van der Waals surface area contributed by atoms with E-state index in [2.05, 4.69) is 24.1 Å². The summed E-state index contributed by atoms with van der Waals surface area (Å²) in [5, 5.41) is 3.55. The molecule has 0 spiro atoms. The highest BCUT2D eigenvalue weighted by Gasteiger charge is 2.28. The maximum Gasteiger partial charge on any atom is 0.152 e. The Morgan fingerprint density at radius 2 is 1.82 bits per heavy atom. The van der Waals surface area contributed by atoms with E-state index in [9.17, 15) is 8.42 Å². The summed E-state index contributed by atoms with van der Waals surface area (Å²) in [6, 6.07) is 1.23. The van der Waals surface area contributed by atoms with Gasteiger partial charge in [-0.1, -0.05) is 6.92 Å². The Morgan fingerprint density at radius 1 is 1.24 bits per heavy atom. The van der Waals surface area contributed by atoms with Crippen LogP contribution in [-0.2, 0) is 9.84 Å². The first kappa shape index (κ1) is 13.3. The topological polar surface area (TPSA) is 49.4 Å². The lowest BCUT2D eigenvalue weighted by Gasteiger charge is -2.35. The van der Waals surface area contributed by atoms with Crippen LogP contribution in [0.2, 0.25) is 0 Å². The van der Waals surface area contributed by atoms with E-state index in [1.165, 1.54) is 12.8 Å². The van der Waals surface area contributed by atoms with Crippen LogP contribution in [0.25, 0.3) is 0 Å². The maximum atomic E-state index is 11.4. The second kappa shape index (κ2) is 5.24. The molecule has 0 bridgehead atoms. The lowest BCUT2D eigenvalue weighted by molar-refractivity contribution is 0.172. The van der Waals surface area contributed by atoms with Crippen molar-refractivity contribution in [3.05, 3.63) is 0 Å². The van der Waals surface area contributed by atoms with Crippen molar-refractivity contribution in [1.82, 2.24) is 10.2 Å². The van der Waals surface area contributed by atoms with E-state index < -0.39 is 9.84 Å². The van der Waals surface area contributed by atoms with Gasteiger partial charge in [0.1, 0.15) is 0 Å². The number of nitrogens with zero attached hydrogens (tertiary/aromatic N) is 1. The van der Waals surface area contributed by atoms with Crippen LogP contribution in [0.3, 0.4) is 0 Å². The Morgan fingerprint density at radius 3 is 2.35 bits per heavy atom. The van der Waals surface area contributed by atoms with Crippen LogP contribution >= 0.6 is 0 Å². The quantitative estimate of drug-likeness (QED) is 0.782.